The Hall–Kier alpha value is -2.39. The molecule has 1 heterocycles. The molecule has 0 aromatic heterocycles. The summed E-state index contributed by atoms with van der Waals surface area (Å²) in [4.78, 5) is 13.6. The highest BCUT2D eigenvalue weighted by atomic mass is 32.2. The number of alkyl halides is 3. The fourth-order valence-corrected chi connectivity index (χ4v) is 4.07. The first-order valence-electron chi connectivity index (χ1n) is 9.06. The fraction of sp³-hybridized carbons (Fsp3) is 0.350. The van der Waals surface area contributed by atoms with Gasteiger partial charge in [0.15, 0.2) is 5.78 Å². The lowest BCUT2D eigenvalue weighted by Crippen LogP contribution is -2.37. The summed E-state index contributed by atoms with van der Waals surface area (Å²) >= 11 is 0. The van der Waals surface area contributed by atoms with Crippen LogP contribution in [-0.2, 0) is 16.2 Å². The maximum atomic E-state index is 13.5. The first-order chi connectivity index (χ1) is 13.5. The van der Waals surface area contributed by atoms with Gasteiger partial charge in [-0.3, -0.25) is 4.79 Å². The van der Waals surface area contributed by atoms with Crippen LogP contribution in [0.1, 0.15) is 34.3 Å². The minimum absolute atomic E-state index is 0.00901. The van der Waals surface area contributed by atoms with Gasteiger partial charge in [-0.05, 0) is 38.0 Å². The van der Waals surface area contributed by atoms with E-state index >= 15 is 0 Å². The van der Waals surface area contributed by atoms with E-state index in [-0.39, 0.29) is 30.5 Å². The largest absolute Gasteiger partial charge is 0.418 e. The molecule has 0 spiro atoms. The molecule has 0 saturated carbocycles. The van der Waals surface area contributed by atoms with E-state index in [1.807, 2.05) is 19.1 Å². The number of carbonyl (C=O) groups excluding carboxylic acids is 1. The molecular formula is C20H21F3N2O3S. The van der Waals surface area contributed by atoms with E-state index in [0.29, 0.717) is 24.5 Å². The van der Waals surface area contributed by atoms with E-state index < -0.39 is 26.7 Å². The first kappa shape index (κ1) is 21.3. The summed E-state index contributed by atoms with van der Waals surface area (Å²) < 4.78 is 63.4. The van der Waals surface area contributed by atoms with E-state index in [1.165, 1.54) is 4.90 Å². The zero-order valence-corrected chi connectivity index (χ0v) is 16.6. The van der Waals surface area contributed by atoms with Crippen molar-refractivity contribution in [1.29, 1.82) is 0 Å². The van der Waals surface area contributed by atoms with E-state index in [4.69, 9.17) is 5.14 Å². The Kier molecular flexibility index (Phi) is 5.73. The number of nitrogens with two attached hydrogens (primary N) is 1. The highest BCUT2D eigenvalue weighted by molar-refractivity contribution is 7.89. The monoisotopic (exact) mass is 426 g/mol. The molecule has 0 unspecified atom stereocenters. The molecule has 29 heavy (non-hydrogen) atoms. The number of piperidine rings is 1. The van der Waals surface area contributed by atoms with Gasteiger partial charge in [-0.1, -0.05) is 29.8 Å². The highest BCUT2D eigenvalue weighted by Gasteiger charge is 2.37. The normalized spacial score (nSPS) is 16.1. The summed E-state index contributed by atoms with van der Waals surface area (Å²) in [6.07, 6.45) is -3.90. The standard InChI is InChI=1S/C20H21F3N2O3S/c1-13-2-4-14(5-3-13)19(26)15-8-10-25(11-9-15)18-7-6-16(29(24,27)28)12-17(18)20(21,22)23/h2-7,12,15H,8-11H2,1H3,(H2,24,27,28). The predicted octanol–water partition coefficient (Wildman–Crippen LogP) is 3.76. The Bertz CT molecular complexity index is 1010. The number of carbonyl (C=O) groups is 1. The number of ketones is 1. The number of sulfonamides is 1. The lowest BCUT2D eigenvalue weighted by molar-refractivity contribution is -0.137. The molecule has 0 bridgehead atoms. The third kappa shape index (κ3) is 4.79. The van der Waals surface area contributed by atoms with Crippen LogP contribution in [0.25, 0.3) is 0 Å². The smallest absolute Gasteiger partial charge is 0.371 e. The summed E-state index contributed by atoms with van der Waals surface area (Å²) in [7, 11) is -4.25. The Morgan fingerprint density at radius 1 is 1.07 bits per heavy atom. The molecule has 1 aliphatic rings. The number of hydrogen-bond acceptors (Lipinski definition) is 4. The average molecular weight is 426 g/mol. The van der Waals surface area contributed by atoms with Crippen LogP contribution in [0.4, 0.5) is 18.9 Å². The number of benzene rings is 2. The van der Waals surface area contributed by atoms with Gasteiger partial charge >= 0.3 is 6.18 Å². The maximum Gasteiger partial charge on any atom is 0.418 e. The summed E-state index contributed by atoms with van der Waals surface area (Å²) in [5.74, 6) is -0.266. The molecule has 0 aliphatic carbocycles. The summed E-state index contributed by atoms with van der Waals surface area (Å²) in [5.41, 5.74) is 0.486. The van der Waals surface area contributed by atoms with Crippen LogP contribution >= 0.6 is 0 Å². The van der Waals surface area contributed by atoms with Crippen LogP contribution in [0.2, 0.25) is 0 Å². The third-order valence-corrected chi connectivity index (χ3v) is 6.06. The third-order valence-electron chi connectivity index (χ3n) is 5.14. The summed E-state index contributed by atoms with van der Waals surface area (Å²) in [5, 5.41) is 4.97. The molecule has 2 aromatic carbocycles. The number of anilines is 1. The summed E-state index contributed by atoms with van der Waals surface area (Å²) in [6.45, 7) is 2.45. The molecule has 0 radical (unpaired) electrons. The van der Waals surface area contributed by atoms with Gasteiger partial charge in [0.1, 0.15) is 0 Å². The van der Waals surface area contributed by atoms with E-state index in [9.17, 15) is 26.4 Å². The van der Waals surface area contributed by atoms with Crippen LogP contribution in [0, 0.1) is 12.8 Å². The van der Waals surface area contributed by atoms with Crippen LogP contribution in [-0.4, -0.2) is 27.3 Å². The summed E-state index contributed by atoms with van der Waals surface area (Å²) in [6, 6.07) is 9.99. The number of aryl methyl sites for hydroxylation is 1. The second-order valence-corrected chi connectivity index (χ2v) is 8.77. The second-order valence-electron chi connectivity index (χ2n) is 7.21. The molecule has 9 heteroatoms. The van der Waals surface area contributed by atoms with E-state index in [2.05, 4.69) is 0 Å². The van der Waals surface area contributed by atoms with Gasteiger partial charge in [0.05, 0.1) is 10.5 Å². The maximum absolute atomic E-state index is 13.5. The molecule has 2 aromatic rings. The topological polar surface area (TPSA) is 80.5 Å². The number of primary sulfonamides is 1. The Labute approximate surface area is 167 Å². The molecule has 1 fully saturated rings. The lowest BCUT2D eigenvalue weighted by atomic mass is 9.88. The molecule has 0 atom stereocenters. The van der Waals surface area contributed by atoms with Gasteiger partial charge in [0, 0.05) is 30.3 Å². The van der Waals surface area contributed by atoms with Crippen molar-refractivity contribution < 1.29 is 26.4 Å². The Balaban J connectivity index is 1.80. The van der Waals surface area contributed by atoms with Gasteiger partial charge < -0.3 is 4.90 Å². The van der Waals surface area contributed by atoms with Crippen molar-refractivity contribution in [2.45, 2.75) is 30.8 Å². The number of nitrogens with zero attached hydrogens (tertiary/aromatic N) is 1. The van der Waals surface area contributed by atoms with Crippen molar-refractivity contribution in [3.63, 3.8) is 0 Å². The number of halogens is 3. The van der Waals surface area contributed by atoms with Crippen LogP contribution in [0.3, 0.4) is 0 Å². The second kappa shape index (κ2) is 7.79. The molecule has 1 aliphatic heterocycles. The molecule has 0 amide bonds. The van der Waals surface area contributed by atoms with E-state index in [0.717, 1.165) is 17.7 Å². The molecule has 156 valence electrons. The molecule has 1 saturated heterocycles. The number of rotatable bonds is 4. The quantitative estimate of drug-likeness (QED) is 0.755. The van der Waals surface area contributed by atoms with Crippen molar-refractivity contribution in [2.24, 2.45) is 11.1 Å². The first-order valence-corrected chi connectivity index (χ1v) is 10.6. The van der Waals surface area contributed by atoms with Crippen LogP contribution in [0.5, 0.6) is 0 Å². The Morgan fingerprint density at radius 3 is 2.17 bits per heavy atom. The molecular weight excluding hydrogens is 405 g/mol. The van der Waals surface area contributed by atoms with Crippen molar-refractivity contribution in [2.75, 3.05) is 18.0 Å². The highest BCUT2D eigenvalue weighted by Crippen LogP contribution is 2.39. The van der Waals surface area contributed by atoms with E-state index in [1.54, 1.807) is 12.1 Å². The Morgan fingerprint density at radius 2 is 1.66 bits per heavy atom. The average Bonchev–Trinajstić information content (AvgIpc) is 2.66. The van der Waals surface area contributed by atoms with Gasteiger partial charge in [-0.15, -0.1) is 0 Å². The minimum atomic E-state index is -4.73. The zero-order chi connectivity index (χ0) is 21.4. The van der Waals surface area contributed by atoms with Crippen molar-refractivity contribution >= 4 is 21.5 Å². The van der Waals surface area contributed by atoms with Crippen LogP contribution < -0.4 is 10.0 Å². The van der Waals surface area contributed by atoms with Crippen LogP contribution in [0.15, 0.2) is 47.4 Å². The molecule has 2 N–H and O–H groups in total. The SMILES string of the molecule is Cc1ccc(C(=O)C2CCN(c3ccc(S(N)(=O)=O)cc3C(F)(F)F)CC2)cc1. The van der Waals surface area contributed by atoms with Gasteiger partial charge in [-0.25, -0.2) is 13.6 Å². The molecule has 5 nitrogen and oxygen atoms in total. The van der Waals surface area contributed by atoms with Gasteiger partial charge in [0.25, 0.3) is 0 Å². The number of Topliss-reactive ketones (excluding diaryl/α,β-unsaturated/α-hetero) is 1. The zero-order valence-electron chi connectivity index (χ0n) is 15.7. The fourth-order valence-electron chi connectivity index (χ4n) is 3.53. The van der Waals surface area contributed by atoms with Gasteiger partial charge in [-0.2, -0.15) is 13.2 Å². The van der Waals surface area contributed by atoms with Gasteiger partial charge in [0.2, 0.25) is 10.0 Å². The predicted molar refractivity (Wildman–Crippen MR) is 103 cm³/mol. The van der Waals surface area contributed by atoms with Crippen molar-refractivity contribution in [3.05, 3.63) is 59.2 Å². The minimum Gasteiger partial charge on any atom is -0.371 e. The van der Waals surface area contributed by atoms with Crippen molar-refractivity contribution in [1.82, 2.24) is 0 Å². The molecule has 3 rings (SSSR count). The number of hydrogen-bond donors (Lipinski definition) is 1. The lowest BCUT2D eigenvalue weighted by Gasteiger charge is -2.34. The van der Waals surface area contributed by atoms with Crippen molar-refractivity contribution in [3.8, 4) is 0 Å².